The van der Waals surface area contributed by atoms with Gasteiger partial charge in [0.2, 0.25) is 5.78 Å². The summed E-state index contributed by atoms with van der Waals surface area (Å²) in [6.07, 6.45) is 2.20. The molecule has 1 aliphatic heterocycles. The lowest BCUT2D eigenvalue weighted by molar-refractivity contribution is 0.0365. The van der Waals surface area contributed by atoms with Crippen LogP contribution in [0, 0.1) is 0 Å². The van der Waals surface area contributed by atoms with E-state index in [4.69, 9.17) is 14.5 Å². The third-order valence-corrected chi connectivity index (χ3v) is 5.49. The van der Waals surface area contributed by atoms with Gasteiger partial charge in [-0.2, -0.15) is 0 Å². The van der Waals surface area contributed by atoms with Gasteiger partial charge < -0.3 is 14.0 Å². The first-order valence-electron chi connectivity index (χ1n) is 9.74. The molecule has 0 unspecified atom stereocenters. The molecule has 2 aromatic carbocycles. The van der Waals surface area contributed by atoms with E-state index in [1.54, 1.807) is 7.11 Å². The highest BCUT2D eigenvalue weighted by Crippen LogP contribution is 2.28. The molecule has 0 radical (unpaired) electrons. The number of nitrogens with zero attached hydrogens (tertiary/aromatic N) is 4. The van der Waals surface area contributed by atoms with Crippen molar-refractivity contribution in [2.75, 3.05) is 40.0 Å². The molecule has 5 rings (SSSR count). The van der Waals surface area contributed by atoms with E-state index >= 15 is 0 Å². The van der Waals surface area contributed by atoms with Crippen molar-refractivity contribution in [3.63, 3.8) is 0 Å². The van der Waals surface area contributed by atoms with Crippen LogP contribution in [0.15, 0.2) is 54.7 Å². The summed E-state index contributed by atoms with van der Waals surface area (Å²) in [5.74, 6) is 1.85. The summed E-state index contributed by atoms with van der Waals surface area (Å²) < 4.78 is 15.3. The third kappa shape index (κ3) is 3.04. The molecule has 6 heteroatoms. The van der Waals surface area contributed by atoms with Gasteiger partial charge in [-0.15, -0.1) is 0 Å². The minimum Gasteiger partial charge on any atom is -0.497 e. The number of benzene rings is 2. The lowest BCUT2D eigenvalue weighted by Gasteiger charge is -2.26. The normalized spacial score (nSPS) is 15.5. The molecular formula is C22H24N4O2. The molecule has 0 bridgehead atoms. The summed E-state index contributed by atoms with van der Waals surface area (Å²) in [4.78, 5) is 7.38. The fraction of sp³-hybridized carbons (Fsp3) is 0.318. The quantitative estimate of drug-likeness (QED) is 0.536. The van der Waals surface area contributed by atoms with Crippen molar-refractivity contribution in [3.05, 3.63) is 54.7 Å². The molecule has 0 spiro atoms. The highest BCUT2D eigenvalue weighted by atomic mass is 16.5. The molecule has 0 amide bonds. The lowest BCUT2D eigenvalue weighted by Crippen LogP contribution is -2.38. The van der Waals surface area contributed by atoms with Crippen LogP contribution in [-0.2, 0) is 11.3 Å². The van der Waals surface area contributed by atoms with Crippen LogP contribution in [0.2, 0.25) is 0 Å². The average molecular weight is 376 g/mol. The van der Waals surface area contributed by atoms with Gasteiger partial charge in [0.25, 0.3) is 0 Å². The molecule has 144 valence electrons. The number of aromatic nitrogens is 3. The Balaban J connectivity index is 1.58. The third-order valence-electron chi connectivity index (χ3n) is 5.49. The number of hydrogen-bond donors (Lipinski definition) is 0. The second-order valence-electron chi connectivity index (χ2n) is 7.12. The maximum atomic E-state index is 5.48. The number of morpholine rings is 1. The zero-order valence-electron chi connectivity index (χ0n) is 16.0. The summed E-state index contributed by atoms with van der Waals surface area (Å²) in [7, 11) is 1.69. The van der Waals surface area contributed by atoms with Crippen LogP contribution >= 0.6 is 0 Å². The van der Waals surface area contributed by atoms with E-state index in [2.05, 4.69) is 50.4 Å². The molecule has 3 heterocycles. The number of ether oxygens (including phenoxy) is 2. The van der Waals surface area contributed by atoms with Crippen LogP contribution in [0.25, 0.3) is 28.1 Å². The number of imidazole rings is 2. The average Bonchev–Trinajstić information content (AvgIpc) is 3.29. The number of para-hydroxylation sites is 2. The highest BCUT2D eigenvalue weighted by Gasteiger charge is 2.17. The van der Waals surface area contributed by atoms with Gasteiger partial charge in [0, 0.05) is 37.9 Å². The number of methoxy groups -OCH3 is 1. The maximum Gasteiger partial charge on any atom is 0.215 e. The molecule has 1 saturated heterocycles. The second-order valence-corrected chi connectivity index (χ2v) is 7.12. The van der Waals surface area contributed by atoms with Gasteiger partial charge in [-0.1, -0.05) is 12.1 Å². The summed E-state index contributed by atoms with van der Waals surface area (Å²) in [5, 5.41) is 0. The Morgan fingerprint density at radius 1 is 1.00 bits per heavy atom. The Morgan fingerprint density at radius 2 is 1.79 bits per heavy atom. The molecule has 0 N–H and O–H groups in total. The molecular weight excluding hydrogens is 352 g/mol. The van der Waals surface area contributed by atoms with Gasteiger partial charge in [-0.05, 0) is 36.4 Å². The highest BCUT2D eigenvalue weighted by molar-refractivity contribution is 5.81. The van der Waals surface area contributed by atoms with Gasteiger partial charge in [0.1, 0.15) is 5.75 Å². The van der Waals surface area contributed by atoms with Gasteiger partial charge in [-0.25, -0.2) is 4.98 Å². The van der Waals surface area contributed by atoms with E-state index in [9.17, 15) is 0 Å². The van der Waals surface area contributed by atoms with Gasteiger partial charge >= 0.3 is 0 Å². The van der Waals surface area contributed by atoms with E-state index in [1.165, 1.54) is 5.69 Å². The van der Waals surface area contributed by atoms with Crippen LogP contribution in [-0.4, -0.2) is 58.8 Å². The Morgan fingerprint density at radius 3 is 2.57 bits per heavy atom. The first-order valence-corrected chi connectivity index (χ1v) is 9.74. The predicted octanol–water partition coefficient (Wildman–Crippen LogP) is 3.30. The Labute approximate surface area is 163 Å². The maximum absolute atomic E-state index is 5.48. The number of fused-ring (bicyclic) bond motifs is 3. The van der Waals surface area contributed by atoms with Crippen molar-refractivity contribution in [2.24, 2.45) is 0 Å². The lowest BCUT2D eigenvalue weighted by atomic mass is 10.1. The topological polar surface area (TPSA) is 43.9 Å². The van der Waals surface area contributed by atoms with Crippen molar-refractivity contribution in [1.82, 2.24) is 18.9 Å². The van der Waals surface area contributed by atoms with Crippen LogP contribution in [0.5, 0.6) is 5.75 Å². The zero-order chi connectivity index (χ0) is 18.9. The van der Waals surface area contributed by atoms with Crippen molar-refractivity contribution in [3.8, 4) is 17.0 Å². The summed E-state index contributed by atoms with van der Waals surface area (Å²) in [6, 6.07) is 16.5. The smallest absolute Gasteiger partial charge is 0.215 e. The molecule has 1 aliphatic rings. The second kappa shape index (κ2) is 7.30. The predicted molar refractivity (Wildman–Crippen MR) is 110 cm³/mol. The van der Waals surface area contributed by atoms with Crippen LogP contribution in [0.4, 0.5) is 0 Å². The van der Waals surface area contributed by atoms with Crippen LogP contribution < -0.4 is 4.74 Å². The van der Waals surface area contributed by atoms with Crippen LogP contribution in [0.3, 0.4) is 0 Å². The molecule has 4 aromatic rings. The van der Waals surface area contributed by atoms with Gasteiger partial charge in [0.15, 0.2) is 0 Å². The zero-order valence-corrected chi connectivity index (χ0v) is 16.0. The minimum atomic E-state index is 0.819. The molecule has 0 saturated carbocycles. The van der Waals surface area contributed by atoms with Crippen molar-refractivity contribution in [2.45, 2.75) is 6.54 Å². The van der Waals surface area contributed by atoms with Crippen LogP contribution in [0.1, 0.15) is 0 Å². The summed E-state index contributed by atoms with van der Waals surface area (Å²) in [5.41, 5.74) is 4.50. The molecule has 2 aromatic heterocycles. The Hall–Kier alpha value is -2.83. The van der Waals surface area contributed by atoms with Crippen molar-refractivity contribution < 1.29 is 9.47 Å². The molecule has 6 nitrogen and oxygen atoms in total. The molecule has 0 aliphatic carbocycles. The Kier molecular flexibility index (Phi) is 4.50. The first kappa shape index (κ1) is 17.3. The van der Waals surface area contributed by atoms with E-state index in [0.717, 1.165) is 67.5 Å². The fourth-order valence-electron chi connectivity index (χ4n) is 3.93. The largest absolute Gasteiger partial charge is 0.497 e. The number of rotatable bonds is 5. The molecule has 28 heavy (non-hydrogen) atoms. The van der Waals surface area contributed by atoms with E-state index < -0.39 is 0 Å². The van der Waals surface area contributed by atoms with Crippen molar-refractivity contribution >= 4 is 16.8 Å². The first-order chi connectivity index (χ1) is 13.8. The van der Waals surface area contributed by atoms with Crippen molar-refractivity contribution in [1.29, 1.82) is 0 Å². The van der Waals surface area contributed by atoms with Gasteiger partial charge in [0.05, 0.1) is 37.1 Å². The molecule has 0 atom stereocenters. The standard InChI is InChI=1S/C22H24N4O2/c1-27-18-8-6-17(7-9-18)21-16-26-20-5-3-2-4-19(20)23-22(26)25(21)11-10-24-12-14-28-15-13-24/h2-9,16H,10-15H2,1H3. The Bertz CT molecular complexity index is 1090. The monoisotopic (exact) mass is 376 g/mol. The van der Waals surface area contributed by atoms with E-state index in [-0.39, 0.29) is 0 Å². The van der Waals surface area contributed by atoms with E-state index in [0.29, 0.717) is 0 Å². The fourth-order valence-corrected chi connectivity index (χ4v) is 3.93. The van der Waals surface area contributed by atoms with Gasteiger partial charge in [-0.3, -0.25) is 9.30 Å². The van der Waals surface area contributed by atoms with E-state index in [1.807, 2.05) is 18.2 Å². The summed E-state index contributed by atoms with van der Waals surface area (Å²) in [6.45, 7) is 5.50. The SMILES string of the molecule is COc1ccc(-c2cn3c4ccccc4nc3n2CCN2CCOCC2)cc1. The summed E-state index contributed by atoms with van der Waals surface area (Å²) >= 11 is 0. The molecule has 1 fully saturated rings. The number of hydrogen-bond acceptors (Lipinski definition) is 4. The minimum absolute atomic E-state index is 0.819.